The van der Waals surface area contributed by atoms with Gasteiger partial charge < -0.3 is 0 Å². The summed E-state index contributed by atoms with van der Waals surface area (Å²) in [5, 5.41) is 0. The van der Waals surface area contributed by atoms with Crippen molar-refractivity contribution >= 4 is 22.3 Å². The molecule has 0 saturated carbocycles. The van der Waals surface area contributed by atoms with Gasteiger partial charge in [0.25, 0.3) is 0 Å². The molecule has 1 heterocycles. The lowest BCUT2D eigenvalue weighted by atomic mass is 9.99. The molecule has 8 heteroatoms. The summed E-state index contributed by atoms with van der Waals surface area (Å²) in [5.74, 6) is -0.836. The van der Waals surface area contributed by atoms with Crippen molar-refractivity contribution in [2.24, 2.45) is 0 Å². The summed E-state index contributed by atoms with van der Waals surface area (Å²) >= 11 is 0. The van der Waals surface area contributed by atoms with E-state index in [2.05, 4.69) is 9.97 Å². The maximum Gasteiger partial charge on any atom is 0.239 e. The fourth-order valence-corrected chi connectivity index (χ4v) is 2.56. The molecule has 0 aliphatic heterocycles. The fourth-order valence-electron chi connectivity index (χ4n) is 2.18. The van der Waals surface area contributed by atoms with Crippen LogP contribution >= 0.6 is 0 Å². The molecular formula is C16H18FN3O3S. The van der Waals surface area contributed by atoms with Gasteiger partial charge in [0.2, 0.25) is 16.0 Å². The molecule has 0 aliphatic rings. The molecule has 24 heavy (non-hydrogen) atoms. The SMILES string of the molecule is CC(C)c1nc(N(C)S(C)(=O)=O)nc(-c2ccccc2F)c1C=O. The normalized spacial score (nSPS) is 11.6. The van der Waals surface area contributed by atoms with Crippen LogP contribution in [0.5, 0.6) is 0 Å². The maximum absolute atomic E-state index is 14.2. The quantitative estimate of drug-likeness (QED) is 0.774. The number of benzene rings is 1. The lowest BCUT2D eigenvalue weighted by molar-refractivity contribution is 0.112. The highest BCUT2D eigenvalue weighted by molar-refractivity contribution is 7.92. The van der Waals surface area contributed by atoms with Gasteiger partial charge in [-0.2, -0.15) is 0 Å². The van der Waals surface area contributed by atoms with Crippen LogP contribution in [-0.2, 0) is 10.0 Å². The van der Waals surface area contributed by atoms with Gasteiger partial charge in [0.05, 0.1) is 23.2 Å². The first-order valence-electron chi connectivity index (χ1n) is 7.22. The predicted molar refractivity (Wildman–Crippen MR) is 90.1 cm³/mol. The Morgan fingerprint density at radius 1 is 1.21 bits per heavy atom. The van der Waals surface area contributed by atoms with Crippen LogP contribution in [0.2, 0.25) is 0 Å². The molecule has 0 radical (unpaired) electrons. The van der Waals surface area contributed by atoms with Gasteiger partial charge >= 0.3 is 0 Å². The minimum Gasteiger partial charge on any atom is -0.298 e. The molecule has 1 aromatic carbocycles. The molecule has 0 aliphatic carbocycles. The van der Waals surface area contributed by atoms with Gasteiger partial charge in [-0.15, -0.1) is 0 Å². The van der Waals surface area contributed by atoms with E-state index < -0.39 is 15.8 Å². The summed E-state index contributed by atoms with van der Waals surface area (Å²) < 4.78 is 38.7. The monoisotopic (exact) mass is 351 g/mol. The molecule has 0 atom stereocenters. The summed E-state index contributed by atoms with van der Waals surface area (Å²) in [4.78, 5) is 19.9. The third-order valence-electron chi connectivity index (χ3n) is 3.54. The average molecular weight is 351 g/mol. The highest BCUT2D eigenvalue weighted by atomic mass is 32.2. The second-order valence-electron chi connectivity index (χ2n) is 5.65. The molecular weight excluding hydrogens is 333 g/mol. The second kappa shape index (κ2) is 6.64. The van der Waals surface area contributed by atoms with Crippen LogP contribution in [0.3, 0.4) is 0 Å². The van der Waals surface area contributed by atoms with Crippen molar-refractivity contribution in [2.75, 3.05) is 17.6 Å². The highest BCUT2D eigenvalue weighted by Crippen LogP contribution is 2.30. The summed E-state index contributed by atoms with van der Waals surface area (Å²) in [6.07, 6.45) is 1.59. The number of aldehydes is 1. The zero-order valence-electron chi connectivity index (χ0n) is 13.8. The fraction of sp³-hybridized carbons (Fsp3) is 0.312. The number of rotatable bonds is 5. The minimum atomic E-state index is -3.60. The minimum absolute atomic E-state index is 0.0762. The Balaban J connectivity index is 2.84. The first-order valence-corrected chi connectivity index (χ1v) is 9.07. The standard InChI is InChI=1S/C16H18FN3O3S/c1-10(2)14-12(9-21)15(11-7-5-6-8-13(11)17)19-16(18-14)20(3)24(4,22)23/h5-10H,1-4H3. The average Bonchev–Trinajstić information content (AvgIpc) is 2.52. The van der Waals surface area contributed by atoms with Gasteiger partial charge in [0, 0.05) is 12.6 Å². The Bertz CT molecular complexity index is 882. The van der Waals surface area contributed by atoms with E-state index in [0.29, 0.717) is 12.0 Å². The molecule has 0 N–H and O–H groups in total. The van der Waals surface area contributed by atoms with Crippen molar-refractivity contribution in [2.45, 2.75) is 19.8 Å². The van der Waals surface area contributed by atoms with Crippen LogP contribution in [0.25, 0.3) is 11.3 Å². The second-order valence-corrected chi connectivity index (χ2v) is 7.67. The van der Waals surface area contributed by atoms with Crippen molar-refractivity contribution in [3.63, 3.8) is 0 Å². The topological polar surface area (TPSA) is 80.2 Å². The lowest BCUT2D eigenvalue weighted by Crippen LogP contribution is -2.28. The summed E-state index contributed by atoms with van der Waals surface area (Å²) in [6, 6.07) is 5.87. The Morgan fingerprint density at radius 3 is 2.33 bits per heavy atom. The van der Waals surface area contributed by atoms with Gasteiger partial charge in [-0.25, -0.2) is 27.1 Å². The van der Waals surface area contributed by atoms with E-state index in [9.17, 15) is 17.6 Å². The van der Waals surface area contributed by atoms with Crippen LogP contribution in [0.1, 0.15) is 35.8 Å². The zero-order chi connectivity index (χ0) is 18.1. The van der Waals surface area contributed by atoms with Gasteiger partial charge in [-0.05, 0) is 18.1 Å². The van der Waals surface area contributed by atoms with E-state index in [1.54, 1.807) is 6.07 Å². The summed E-state index contributed by atoms with van der Waals surface area (Å²) in [5.41, 5.74) is 0.712. The Kier molecular flexibility index (Phi) is 4.98. The number of sulfonamides is 1. The number of hydrogen-bond acceptors (Lipinski definition) is 5. The Morgan fingerprint density at radius 2 is 1.83 bits per heavy atom. The third kappa shape index (κ3) is 3.43. The van der Waals surface area contributed by atoms with E-state index in [1.165, 1.54) is 25.2 Å². The molecule has 1 aromatic heterocycles. The summed E-state index contributed by atoms with van der Waals surface area (Å²) in [7, 11) is -2.29. The van der Waals surface area contributed by atoms with Crippen molar-refractivity contribution in [1.29, 1.82) is 0 Å². The van der Waals surface area contributed by atoms with Gasteiger partial charge in [0.1, 0.15) is 5.82 Å². The van der Waals surface area contributed by atoms with Gasteiger partial charge in [-0.1, -0.05) is 26.0 Å². The van der Waals surface area contributed by atoms with Crippen LogP contribution in [0.4, 0.5) is 10.3 Å². The largest absolute Gasteiger partial charge is 0.298 e. The number of anilines is 1. The van der Waals surface area contributed by atoms with Gasteiger partial charge in [0.15, 0.2) is 6.29 Å². The number of carbonyl (C=O) groups excluding carboxylic acids is 1. The molecule has 2 rings (SSSR count). The number of nitrogens with zero attached hydrogens (tertiary/aromatic N) is 3. The first-order chi connectivity index (χ1) is 11.2. The van der Waals surface area contributed by atoms with Crippen molar-refractivity contribution in [3.8, 4) is 11.3 Å². The van der Waals surface area contributed by atoms with Crippen LogP contribution in [0, 0.1) is 5.82 Å². The van der Waals surface area contributed by atoms with Crippen LogP contribution in [0.15, 0.2) is 24.3 Å². The molecule has 0 unspecified atom stereocenters. The Labute approximate surface area is 140 Å². The van der Waals surface area contributed by atoms with E-state index in [1.807, 2.05) is 13.8 Å². The van der Waals surface area contributed by atoms with Crippen molar-refractivity contribution < 1.29 is 17.6 Å². The molecule has 0 bridgehead atoms. The number of halogens is 1. The molecule has 6 nitrogen and oxygen atoms in total. The maximum atomic E-state index is 14.2. The molecule has 128 valence electrons. The lowest BCUT2D eigenvalue weighted by Gasteiger charge is -2.19. The molecule has 0 spiro atoms. The number of carbonyl (C=O) groups is 1. The molecule has 2 aromatic rings. The van der Waals surface area contributed by atoms with E-state index >= 15 is 0 Å². The number of aromatic nitrogens is 2. The van der Waals surface area contributed by atoms with Crippen molar-refractivity contribution in [3.05, 3.63) is 41.3 Å². The Hall–Kier alpha value is -2.35. The third-order valence-corrected chi connectivity index (χ3v) is 4.69. The molecule has 0 fully saturated rings. The van der Waals surface area contributed by atoms with E-state index in [4.69, 9.17) is 0 Å². The van der Waals surface area contributed by atoms with Crippen molar-refractivity contribution in [1.82, 2.24) is 9.97 Å². The molecule has 0 amide bonds. The summed E-state index contributed by atoms with van der Waals surface area (Å²) in [6.45, 7) is 3.62. The van der Waals surface area contributed by atoms with E-state index in [0.717, 1.165) is 10.6 Å². The van der Waals surface area contributed by atoms with E-state index in [-0.39, 0.29) is 28.7 Å². The molecule has 0 saturated heterocycles. The highest BCUT2D eigenvalue weighted by Gasteiger charge is 2.23. The number of hydrogen-bond donors (Lipinski definition) is 0. The van der Waals surface area contributed by atoms with Crippen LogP contribution in [-0.4, -0.2) is 38.0 Å². The zero-order valence-corrected chi connectivity index (χ0v) is 14.6. The predicted octanol–water partition coefficient (Wildman–Crippen LogP) is 2.61. The first kappa shape index (κ1) is 18.0. The smallest absolute Gasteiger partial charge is 0.239 e. The van der Waals surface area contributed by atoms with Crippen LogP contribution < -0.4 is 4.31 Å². The van der Waals surface area contributed by atoms with Gasteiger partial charge in [-0.3, -0.25) is 4.79 Å².